The van der Waals surface area contributed by atoms with Crippen LogP contribution < -0.4 is 22.1 Å². The zero-order chi connectivity index (χ0) is 21.7. The summed E-state index contributed by atoms with van der Waals surface area (Å²) in [6.07, 6.45) is 5.02. The summed E-state index contributed by atoms with van der Waals surface area (Å²) in [5.41, 5.74) is 13.3. The lowest BCUT2D eigenvalue weighted by Crippen LogP contribution is -2.38. The zero-order valence-corrected chi connectivity index (χ0v) is 19.4. The molecular formula is C20H34N6O2S2. The molecule has 8 nitrogen and oxygen atoms in total. The molecule has 0 fully saturated rings. The minimum absolute atomic E-state index is 0.164. The number of nitrogens with one attached hydrogen (secondary N) is 2. The lowest BCUT2D eigenvalue weighted by atomic mass is 9.95. The molecule has 0 aliphatic heterocycles. The fourth-order valence-electron chi connectivity index (χ4n) is 3.94. The number of hydrogen-bond donors (Lipinski definition) is 6. The van der Waals surface area contributed by atoms with Gasteiger partial charge < -0.3 is 32.3 Å². The number of aromatic nitrogens is 2. The number of aliphatic hydroxyl groups is 2. The van der Waals surface area contributed by atoms with Gasteiger partial charge in [0.25, 0.3) is 0 Å². The Kier molecular flexibility index (Phi) is 8.44. The molecule has 168 valence electrons. The van der Waals surface area contributed by atoms with Gasteiger partial charge in [-0.1, -0.05) is 36.5 Å². The van der Waals surface area contributed by atoms with Gasteiger partial charge in [0.1, 0.15) is 12.2 Å². The minimum Gasteiger partial charge on any atom is -0.386 e. The van der Waals surface area contributed by atoms with Crippen molar-refractivity contribution in [3.63, 3.8) is 0 Å². The monoisotopic (exact) mass is 454 g/mol. The van der Waals surface area contributed by atoms with Crippen LogP contribution in [0.2, 0.25) is 0 Å². The van der Waals surface area contributed by atoms with Gasteiger partial charge in [-0.2, -0.15) is 0 Å². The topological polar surface area (TPSA) is 142 Å². The van der Waals surface area contributed by atoms with E-state index in [4.69, 9.17) is 11.5 Å². The van der Waals surface area contributed by atoms with Crippen LogP contribution in [0.5, 0.6) is 0 Å². The van der Waals surface area contributed by atoms with Crippen LogP contribution in [-0.2, 0) is 12.8 Å². The van der Waals surface area contributed by atoms with Gasteiger partial charge in [-0.05, 0) is 51.6 Å². The summed E-state index contributed by atoms with van der Waals surface area (Å²) in [6, 6.07) is 0.328. The molecule has 2 heterocycles. The fraction of sp³-hybridized carbons (Fsp3) is 0.700. The second-order valence-corrected chi connectivity index (χ2v) is 9.94. The molecular weight excluding hydrogens is 420 g/mol. The highest BCUT2D eigenvalue weighted by Gasteiger charge is 2.31. The average molecular weight is 455 g/mol. The molecule has 30 heavy (non-hydrogen) atoms. The van der Waals surface area contributed by atoms with Crippen LogP contribution in [0.15, 0.2) is 0 Å². The van der Waals surface area contributed by atoms with Crippen molar-refractivity contribution < 1.29 is 10.2 Å². The van der Waals surface area contributed by atoms with E-state index in [1.165, 1.54) is 22.7 Å². The summed E-state index contributed by atoms with van der Waals surface area (Å²) < 4.78 is 0. The molecule has 0 radical (unpaired) electrons. The van der Waals surface area contributed by atoms with Crippen molar-refractivity contribution in [3.05, 3.63) is 21.1 Å². The summed E-state index contributed by atoms with van der Waals surface area (Å²) in [5.74, 6) is 0. The zero-order valence-electron chi connectivity index (χ0n) is 17.7. The predicted molar refractivity (Wildman–Crippen MR) is 124 cm³/mol. The highest BCUT2D eigenvalue weighted by molar-refractivity contribution is 7.15. The quantitative estimate of drug-likeness (QED) is 0.390. The number of thiazole rings is 2. The average Bonchev–Trinajstić information content (AvgIpc) is 3.30. The molecule has 4 rings (SSSR count). The molecule has 10 heteroatoms. The number of fused-ring (bicyclic) bond motifs is 2. The number of nitrogens with zero attached hydrogens (tertiary/aromatic N) is 2. The van der Waals surface area contributed by atoms with Gasteiger partial charge in [-0.15, -0.1) is 0 Å². The van der Waals surface area contributed by atoms with E-state index in [-0.39, 0.29) is 12.1 Å². The standard InChI is InChI=1S/2C10H17N3OS/c2*1-2-5-12-6-3-4-7-9(8(6)14)15-10(11)13-7/h2*6,8,12,14H,2-5H2,1H3,(H2,11,13)/t2*6-,8-/m10/s1. The van der Waals surface area contributed by atoms with E-state index < -0.39 is 12.2 Å². The Morgan fingerprint density at radius 3 is 1.60 bits per heavy atom. The first-order valence-corrected chi connectivity index (χ1v) is 12.4. The van der Waals surface area contributed by atoms with Gasteiger partial charge in [-0.3, -0.25) is 0 Å². The van der Waals surface area contributed by atoms with Crippen LogP contribution in [0.4, 0.5) is 10.3 Å². The van der Waals surface area contributed by atoms with E-state index in [0.717, 1.165) is 72.8 Å². The van der Waals surface area contributed by atoms with Gasteiger partial charge >= 0.3 is 0 Å². The fourth-order valence-corrected chi connectivity index (χ4v) is 5.80. The summed E-state index contributed by atoms with van der Waals surface area (Å²) in [6.45, 7) is 6.15. The largest absolute Gasteiger partial charge is 0.386 e. The molecule has 2 aliphatic rings. The van der Waals surface area contributed by atoms with Gasteiger partial charge in [-0.25, -0.2) is 9.97 Å². The predicted octanol–water partition coefficient (Wildman–Crippen LogP) is 2.15. The number of aliphatic hydroxyl groups excluding tert-OH is 2. The Labute approximate surface area is 186 Å². The third-order valence-electron chi connectivity index (χ3n) is 5.49. The van der Waals surface area contributed by atoms with E-state index in [1.807, 2.05) is 0 Å². The van der Waals surface area contributed by atoms with Crippen molar-refractivity contribution in [2.24, 2.45) is 0 Å². The molecule has 0 saturated heterocycles. The molecule has 8 N–H and O–H groups in total. The maximum atomic E-state index is 10.1. The van der Waals surface area contributed by atoms with Gasteiger partial charge in [0.2, 0.25) is 0 Å². The molecule has 0 spiro atoms. The van der Waals surface area contributed by atoms with Crippen molar-refractivity contribution in [1.82, 2.24) is 20.6 Å². The lowest BCUT2D eigenvalue weighted by Gasteiger charge is -2.27. The van der Waals surface area contributed by atoms with Crippen molar-refractivity contribution in [3.8, 4) is 0 Å². The molecule has 0 amide bonds. The van der Waals surface area contributed by atoms with Crippen LogP contribution in [0.1, 0.15) is 72.9 Å². The Morgan fingerprint density at radius 1 is 0.833 bits per heavy atom. The van der Waals surface area contributed by atoms with Gasteiger partial charge in [0.05, 0.1) is 21.1 Å². The number of nitrogen functional groups attached to an aromatic ring is 2. The van der Waals surface area contributed by atoms with E-state index in [0.29, 0.717) is 10.3 Å². The summed E-state index contributed by atoms with van der Waals surface area (Å²) in [4.78, 5) is 10.4. The maximum absolute atomic E-state index is 10.1. The maximum Gasteiger partial charge on any atom is 0.180 e. The Hall–Kier alpha value is -1.30. The summed E-state index contributed by atoms with van der Waals surface area (Å²) in [7, 11) is 0. The normalized spacial score (nSPS) is 25.2. The Balaban J connectivity index is 0.000000171. The minimum atomic E-state index is -0.435. The smallest absolute Gasteiger partial charge is 0.180 e. The van der Waals surface area contributed by atoms with Gasteiger partial charge in [0, 0.05) is 12.1 Å². The van der Waals surface area contributed by atoms with E-state index in [1.54, 1.807) is 0 Å². The highest BCUT2D eigenvalue weighted by Crippen LogP contribution is 2.36. The van der Waals surface area contributed by atoms with Crippen LogP contribution in [0.3, 0.4) is 0 Å². The molecule has 0 saturated carbocycles. The van der Waals surface area contributed by atoms with Crippen molar-refractivity contribution >= 4 is 32.9 Å². The highest BCUT2D eigenvalue weighted by atomic mass is 32.1. The van der Waals surface area contributed by atoms with Crippen molar-refractivity contribution in [2.45, 2.75) is 76.7 Å². The third kappa shape index (κ3) is 5.49. The molecule has 2 aromatic heterocycles. The molecule has 0 bridgehead atoms. The first kappa shape index (κ1) is 23.4. The van der Waals surface area contributed by atoms with Crippen LogP contribution >= 0.6 is 22.7 Å². The Bertz CT molecular complexity index is 745. The molecule has 2 aromatic rings. The summed E-state index contributed by atoms with van der Waals surface area (Å²) in [5, 5.41) is 28.1. The number of hydrogen-bond acceptors (Lipinski definition) is 10. The van der Waals surface area contributed by atoms with Gasteiger partial charge in [0.15, 0.2) is 10.3 Å². The number of nitrogens with two attached hydrogens (primary N) is 2. The second-order valence-electron chi connectivity index (χ2n) is 7.81. The van der Waals surface area contributed by atoms with Crippen LogP contribution in [-0.4, -0.2) is 45.4 Å². The van der Waals surface area contributed by atoms with E-state index in [9.17, 15) is 10.2 Å². The molecule has 2 aliphatic carbocycles. The number of anilines is 2. The second kappa shape index (κ2) is 10.8. The van der Waals surface area contributed by atoms with E-state index in [2.05, 4.69) is 34.4 Å². The molecule has 0 aromatic carbocycles. The van der Waals surface area contributed by atoms with Crippen molar-refractivity contribution in [2.75, 3.05) is 24.6 Å². The lowest BCUT2D eigenvalue weighted by molar-refractivity contribution is 0.118. The molecule has 4 atom stereocenters. The first-order chi connectivity index (χ1) is 14.4. The Morgan fingerprint density at radius 2 is 1.23 bits per heavy atom. The number of aryl methyl sites for hydroxylation is 2. The van der Waals surface area contributed by atoms with Crippen LogP contribution in [0.25, 0.3) is 0 Å². The SMILES string of the molecule is CCCN[C@@H]1CCc2nc(N)sc2[C@@H]1O.CCCN[C@H]1CCc2nc(N)sc2[C@H]1O. The first-order valence-electron chi connectivity index (χ1n) is 10.8. The molecule has 0 unspecified atom stereocenters. The number of rotatable bonds is 6. The van der Waals surface area contributed by atoms with Crippen molar-refractivity contribution in [1.29, 1.82) is 0 Å². The third-order valence-corrected chi connectivity index (χ3v) is 7.48. The van der Waals surface area contributed by atoms with Crippen LogP contribution in [0, 0.1) is 0 Å². The van der Waals surface area contributed by atoms with E-state index >= 15 is 0 Å². The summed E-state index contributed by atoms with van der Waals surface area (Å²) >= 11 is 2.82.